The quantitative estimate of drug-likeness (QED) is 0.287. The Labute approximate surface area is 158 Å². The molecule has 9 nitrogen and oxygen atoms in total. The van der Waals surface area contributed by atoms with Crippen molar-refractivity contribution in [2.75, 3.05) is 6.61 Å². The number of aromatic nitrogens is 2. The lowest BCUT2D eigenvalue weighted by Gasteiger charge is -2.38. The molecule has 10 heteroatoms. The Kier molecular flexibility index (Phi) is 6.15. The van der Waals surface area contributed by atoms with E-state index >= 15 is 0 Å². The maximum absolute atomic E-state index is 12.1. The van der Waals surface area contributed by atoms with Gasteiger partial charge in [0, 0.05) is 31.3 Å². The summed E-state index contributed by atoms with van der Waals surface area (Å²) in [5, 5.41) is 22.8. The fraction of sp³-hybridized carbons (Fsp3) is 0.706. The Morgan fingerprint density at radius 3 is 2.70 bits per heavy atom. The fourth-order valence-electron chi connectivity index (χ4n) is 2.72. The van der Waals surface area contributed by atoms with Crippen LogP contribution in [0.5, 0.6) is 0 Å². The molecule has 1 aliphatic heterocycles. The molecule has 3 atom stereocenters. The van der Waals surface area contributed by atoms with Gasteiger partial charge in [0.05, 0.1) is 6.61 Å². The highest BCUT2D eigenvalue weighted by Gasteiger charge is 2.49. The molecule has 0 aliphatic carbocycles. The van der Waals surface area contributed by atoms with Gasteiger partial charge in [0.25, 0.3) is 5.56 Å². The van der Waals surface area contributed by atoms with E-state index in [-0.39, 0.29) is 24.5 Å². The molecule has 2 rings (SSSR count). The molecule has 152 valence electrons. The lowest BCUT2D eigenvalue weighted by molar-refractivity contribution is -0.0769. The molecular weight excluding hydrogens is 370 g/mol. The smallest absolute Gasteiger partial charge is 0.330 e. The van der Waals surface area contributed by atoms with E-state index in [1.165, 1.54) is 23.0 Å². The van der Waals surface area contributed by atoms with E-state index in [2.05, 4.69) is 44.0 Å². The number of rotatable bonds is 6. The summed E-state index contributed by atoms with van der Waals surface area (Å²) in [7, 11) is -2.08. The number of aliphatic hydroxyl groups is 1. The number of hydrogen-bond acceptors (Lipinski definition) is 7. The molecular formula is C17H29N3O6Si. The third kappa shape index (κ3) is 4.75. The average Bonchev–Trinajstić information content (AvgIpc) is 2.87. The van der Waals surface area contributed by atoms with Crippen molar-refractivity contribution in [3.8, 4) is 0 Å². The van der Waals surface area contributed by atoms with E-state index < -0.39 is 37.5 Å². The third-order valence-electron chi connectivity index (χ3n) is 5.54. The van der Waals surface area contributed by atoms with Gasteiger partial charge in [0.15, 0.2) is 8.32 Å². The summed E-state index contributed by atoms with van der Waals surface area (Å²) in [6.07, 6.45) is 1.19. The Morgan fingerprint density at radius 1 is 1.48 bits per heavy atom. The van der Waals surface area contributed by atoms with Gasteiger partial charge in [0.1, 0.15) is 17.9 Å². The molecule has 1 saturated heterocycles. The summed E-state index contributed by atoms with van der Waals surface area (Å²) in [4.78, 5) is 25.5. The molecule has 27 heavy (non-hydrogen) atoms. The van der Waals surface area contributed by atoms with Crippen LogP contribution >= 0.6 is 0 Å². The summed E-state index contributed by atoms with van der Waals surface area (Å²) in [6, 6.07) is 1.22. The van der Waals surface area contributed by atoms with Gasteiger partial charge in [-0.3, -0.25) is 14.3 Å². The number of nitrogens with one attached hydrogen (secondary N) is 1. The highest BCUT2D eigenvalue weighted by molar-refractivity contribution is 6.74. The standard InChI is InChI=1S/C17H29N3O6Si/c1-16(2,3)27(4,5)25-11-12-17(23,7-8-18-24)10-14(26-12)20-9-6-13(21)19-15(20)22/h6,8-9,12,14,23-24H,7,10-11H2,1-5H3,(H,19,21,22)/b18-8+/t12-,14-,17?/m0/s1. The molecule has 1 aromatic heterocycles. The van der Waals surface area contributed by atoms with E-state index in [4.69, 9.17) is 14.4 Å². The van der Waals surface area contributed by atoms with Crippen molar-refractivity contribution < 1.29 is 19.5 Å². The summed E-state index contributed by atoms with van der Waals surface area (Å²) >= 11 is 0. The summed E-state index contributed by atoms with van der Waals surface area (Å²) in [5.74, 6) is 0. The second-order valence-corrected chi connectivity index (χ2v) is 13.3. The zero-order chi connectivity index (χ0) is 20.5. The van der Waals surface area contributed by atoms with Gasteiger partial charge >= 0.3 is 5.69 Å². The molecule has 1 aliphatic rings. The van der Waals surface area contributed by atoms with Crippen molar-refractivity contribution in [3.05, 3.63) is 33.1 Å². The zero-order valence-electron chi connectivity index (χ0n) is 16.4. The van der Waals surface area contributed by atoms with Gasteiger partial charge in [0.2, 0.25) is 0 Å². The Hall–Kier alpha value is -1.75. The average molecular weight is 400 g/mol. The molecule has 0 saturated carbocycles. The van der Waals surface area contributed by atoms with Gasteiger partial charge in [-0.15, -0.1) is 5.16 Å². The highest BCUT2D eigenvalue weighted by atomic mass is 28.4. The predicted octanol–water partition coefficient (Wildman–Crippen LogP) is 1.43. The van der Waals surface area contributed by atoms with Gasteiger partial charge in [-0.2, -0.15) is 0 Å². The molecule has 0 amide bonds. The van der Waals surface area contributed by atoms with Crippen LogP contribution in [0.25, 0.3) is 0 Å². The second-order valence-electron chi connectivity index (χ2n) is 8.48. The van der Waals surface area contributed by atoms with Crippen LogP contribution in [0.3, 0.4) is 0 Å². The molecule has 0 radical (unpaired) electrons. The largest absolute Gasteiger partial charge is 0.414 e. The van der Waals surface area contributed by atoms with Crippen molar-refractivity contribution in [1.82, 2.24) is 9.55 Å². The molecule has 1 fully saturated rings. The van der Waals surface area contributed by atoms with Crippen LogP contribution in [0.2, 0.25) is 18.1 Å². The van der Waals surface area contributed by atoms with Gasteiger partial charge in [-0.25, -0.2) is 4.79 Å². The first kappa shape index (κ1) is 21.5. The lowest BCUT2D eigenvalue weighted by Crippen LogP contribution is -2.47. The number of aromatic amines is 1. The molecule has 0 aromatic carbocycles. The van der Waals surface area contributed by atoms with Crippen molar-refractivity contribution in [1.29, 1.82) is 0 Å². The maximum atomic E-state index is 12.1. The lowest BCUT2D eigenvalue weighted by atomic mass is 9.92. The van der Waals surface area contributed by atoms with Crippen LogP contribution in [0, 0.1) is 0 Å². The number of hydrogen-bond donors (Lipinski definition) is 3. The molecule has 2 heterocycles. The maximum Gasteiger partial charge on any atom is 0.330 e. The van der Waals surface area contributed by atoms with Crippen molar-refractivity contribution >= 4 is 14.5 Å². The van der Waals surface area contributed by atoms with E-state index in [0.29, 0.717) is 0 Å². The number of oxime groups is 1. The topological polar surface area (TPSA) is 126 Å². The normalized spacial score (nSPS) is 26.7. The van der Waals surface area contributed by atoms with Crippen molar-refractivity contribution in [2.24, 2.45) is 5.16 Å². The minimum absolute atomic E-state index is 0.00840. The van der Waals surface area contributed by atoms with Crippen molar-refractivity contribution in [3.63, 3.8) is 0 Å². The zero-order valence-corrected chi connectivity index (χ0v) is 17.4. The first-order valence-corrected chi connectivity index (χ1v) is 11.8. The van der Waals surface area contributed by atoms with E-state index in [1.54, 1.807) is 0 Å². The monoisotopic (exact) mass is 399 g/mol. The van der Waals surface area contributed by atoms with Crippen LogP contribution < -0.4 is 11.2 Å². The first-order chi connectivity index (χ1) is 12.4. The Balaban J connectivity index is 2.25. The Bertz CT molecular complexity index is 797. The van der Waals surface area contributed by atoms with Gasteiger partial charge in [-0.1, -0.05) is 20.8 Å². The van der Waals surface area contributed by atoms with E-state index in [0.717, 1.165) is 0 Å². The van der Waals surface area contributed by atoms with Crippen LogP contribution in [0.1, 0.15) is 39.8 Å². The molecule has 1 unspecified atom stereocenters. The predicted molar refractivity (Wildman–Crippen MR) is 103 cm³/mol. The van der Waals surface area contributed by atoms with Crippen LogP contribution in [-0.2, 0) is 9.16 Å². The Morgan fingerprint density at radius 2 is 2.15 bits per heavy atom. The van der Waals surface area contributed by atoms with E-state index in [9.17, 15) is 14.7 Å². The number of nitrogens with zero attached hydrogens (tertiary/aromatic N) is 2. The van der Waals surface area contributed by atoms with Crippen molar-refractivity contribution in [2.45, 2.75) is 69.7 Å². The summed E-state index contributed by atoms with van der Waals surface area (Å²) < 4.78 is 13.4. The van der Waals surface area contributed by atoms with Crippen LogP contribution in [0.4, 0.5) is 0 Å². The van der Waals surface area contributed by atoms with Gasteiger partial charge in [-0.05, 0) is 18.1 Å². The summed E-state index contributed by atoms with van der Waals surface area (Å²) in [5.41, 5.74) is -2.49. The van der Waals surface area contributed by atoms with Gasteiger partial charge < -0.3 is 19.5 Å². The van der Waals surface area contributed by atoms with Crippen LogP contribution in [0.15, 0.2) is 27.0 Å². The first-order valence-electron chi connectivity index (χ1n) is 8.89. The highest BCUT2D eigenvalue weighted by Crippen LogP contribution is 2.41. The van der Waals surface area contributed by atoms with E-state index in [1.807, 2.05) is 0 Å². The molecule has 0 spiro atoms. The number of H-pyrrole nitrogens is 1. The minimum Gasteiger partial charge on any atom is -0.414 e. The molecule has 1 aromatic rings. The van der Waals surface area contributed by atoms with Crippen LogP contribution in [-0.4, -0.2) is 52.7 Å². The minimum atomic E-state index is -2.08. The SMILES string of the molecule is CC(C)(C)[Si](C)(C)OC[C@@H]1O[C@H](n2ccc(=O)[nH]c2=O)CC1(O)C/C=N/O. The summed E-state index contributed by atoms with van der Waals surface area (Å²) in [6.45, 7) is 10.7. The number of ether oxygens (including phenoxy) is 1. The molecule has 3 N–H and O–H groups in total. The second kappa shape index (κ2) is 7.70. The third-order valence-corrected chi connectivity index (χ3v) is 10.0. The fourth-order valence-corrected chi connectivity index (χ4v) is 3.73. The molecule has 0 bridgehead atoms.